The summed E-state index contributed by atoms with van der Waals surface area (Å²) in [5.74, 6) is 0. The van der Waals surface area contributed by atoms with E-state index in [0.29, 0.717) is 0 Å². The quantitative estimate of drug-likeness (QED) is 0.478. The zero-order valence-electron chi connectivity index (χ0n) is 18.2. The molecular formula is C24H30ClN2O2RuS. The van der Waals surface area contributed by atoms with Crippen molar-refractivity contribution >= 4 is 10.0 Å². The molecule has 3 aromatic rings. The number of rotatable bonds is 5. The summed E-state index contributed by atoms with van der Waals surface area (Å²) in [4.78, 5) is 0. The third-order valence-corrected chi connectivity index (χ3v) is 5.09. The van der Waals surface area contributed by atoms with Crippen molar-refractivity contribution in [3.8, 4) is 0 Å². The maximum absolute atomic E-state index is 11.6. The summed E-state index contributed by atoms with van der Waals surface area (Å²) < 4.78 is 25.8. The summed E-state index contributed by atoms with van der Waals surface area (Å²) in [7, 11) is -3.35. The van der Waals surface area contributed by atoms with Crippen LogP contribution in [0.3, 0.4) is 0 Å². The zero-order valence-corrected chi connectivity index (χ0v) is 21.5. The molecule has 0 saturated heterocycles. The standard InChI is InChI=1S/C15H18N2O2S.C9H12.ClH.Ru/c1-20(18,19)17-15(13-10-6-3-7-11-13)14(16)12-8-4-2-5-9-12;1-7-4-8(2)6-9(3)5-7;;/h2-11,14-15,17H,16H2,1H3;4-6H,1-3H3;1H;/q;;;+1/p-1/t14-,15-;;;/m0.../s1. The second-order valence-electron chi connectivity index (χ2n) is 7.38. The first-order chi connectivity index (χ1) is 13.7. The largest absolute Gasteiger partial charge is 1.00 e. The van der Waals surface area contributed by atoms with Crippen LogP contribution in [-0.4, -0.2) is 14.7 Å². The fraction of sp³-hybridized carbons (Fsp3) is 0.250. The molecule has 3 aromatic carbocycles. The SMILES string of the molecule is CS(=O)(=O)N[C@@H](c1ccccc1)[C@@H](N)c1ccccc1.Cc1cc(C)cc(C)c1.[Cl-].[Ru+]. The second-order valence-corrected chi connectivity index (χ2v) is 9.16. The Bertz CT molecular complexity index is 966. The van der Waals surface area contributed by atoms with Gasteiger partial charge in [-0.1, -0.05) is 95.6 Å². The fourth-order valence-electron chi connectivity index (χ4n) is 3.31. The number of halogens is 1. The average molecular weight is 547 g/mol. The smallest absolute Gasteiger partial charge is 1.00 e. The molecule has 3 N–H and O–H groups in total. The summed E-state index contributed by atoms with van der Waals surface area (Å²) in [6, 6.07) is 24.4. The van der Waals surface area contributed by atoms with E-state index >= 15 is 0 Å². The van der Waals surface area contributed by atoms with Gasteiger partial charge in [-0.15, -0.1) is 0 Å². The molecule has 0 aliphatic carbocycles. The Morgan fingerprint density at radius 1 is 0.742 bits per heavy atom. The molecule has 0 heterocycles. The molecule has 0 aliphatic rings. The summed E-state index contributed by atoms with van der Waals surface area (Å²) in [5, 5.41) is 0. The van der Waals surface area contributed by atoms with Crippen LogP contribution in [0.4, 0.5) is 0 Å². The van der Waals surface area contributed by atoms with Crippen LogP contribution in [0.1, 0.15) is 39.9 Å². The van der Waals surface area contributed by atoms with E-state index in [4.69, 9.17) is 5.73 Å². The molecule has 4 nitrogen and oxygen atoms in total. The van der Waals surface area contributed by atoms with Gasteiger partial charge in [0.1, 0.15) is 0 Å². The molecule has 7 heteroatoms. The number of nitrogens with one attached hydrogen (secondary N) is 1. The van der Waals surface area contributed by atoms with Crippen LogP contribution in [0, 0.1) is 20.8 Å². The summed E-state index contributed by atoms with van der Waals surface area (Å²) in [5.41, 5.74) is 12.0. The third kappa shape index (κ3) is 10.5. The molecule has 0 saturated carbocycles. The van der Waals surface area contributed by atoms with Gasteiger partial charge in [0.25, 0.3) is 0 Å². The molecule has 169 valence electrons. The second kappa shape index (κ2) is 13.8. The van der Waals surface area contributed by atoms with Gasteiger partial charge in [0.05, 0.1) is 18.3 Å². The summed E-state index contributed by atoms with van der Waals surface area (Å²) in [6.45, 7) is 6.38. The monoisotopic (exact) mass is 547 g/mol. The van der Waals surface area contributed by atoms with Crippen molar-refractivity contribution in [3.05, 3.63) is 107 Å². The number of nitrogens with two attached hydrogens (primary N) is 1. The van der Waals surface area contributed by atoms with Crippen molar-refractivity contribution < 1.29 is 40.3 Å². The minimum atomic E-state index is -3.35. The molecule has 3 rings (SSSR count). The first-order valence-corrected chi connectivity index (χ1v) is 11.4. The fourth-order valence-corrected chi connectivity index (χ4v) is 4.05. The minimum Gasteiger partial charge on any atom is -1.00 e. The van der Waals surface area contributed by atoms with Gasteiger partial charge < -0.3 is 18.1 Å². The van der Waals surface area contributed by atoms with Crippen LogP contribution < -0.4 is 22.9 Å². The zero-order chi connectivity index (χ0) is 21.4. The van der Waals surface area contributed by atoms with Crippen molar-refractivity contribution in [1.29, 1.82) is 0 Å². The van der Waals surface area contributed by atoms with Gasteiger partial charge in [-0.3, -0.25) is 0 Å². The molecule has 0 aliphatic heterocycles. The molecule has 0 fully saturated rings. The predicted octanol–water partition coefficient (Wildman–Crippen LogP) is 1.59. The van der Waals surface area contributed by atoms with Gasteiger partial charge in [0.2, 0.25) is 10.0 Å². The van der Waals surface area contributed by atoms with Crippen molar-refractivity contribution in [2.24, 2.45) is 5.73 Å². The predicted molar refractivity (Wildman–Crippen MR) is 121 cm³/mol. The Morgan fingerprint density at radius 3 is 1.45 bits per heavy atom. The van der Waals surface area contributed by atoms with Gasteiger partial charge in [0.15, 0.2) is 0 Å². The minimum absolute atomic E-state index is 0. The number of hydrogen-bond donors (Lipinski definition) is 2. The van der Waals surface area contributed by atoms with E-state index in [1.807, 2.05) is 60.7 Å². The van der Waals surface area contributed by atoms with E-state index in [9.17, 15) is 8.42 Å². The molecule has 0 aromatic heterocycles. The molecule has 0 spiro atoms. The molecule has 1 radical (unpaired) electrons. The number of sulfonamides is 1. The van der Waals surface area contributed by atoms with Gasteiger partial charge in [-0.05, 0) is 31.9 Å². The molecule has 0 amide bonds. The molecule has 31 heavy (non-hydrogen) atoms. The summed E-state index contributed by atoms with van der Waals surface area (Å²) >= 11 is 0. The van der Waals surface area contributed by atoms with E-state index in [2.05, 4.69) is 43.7 Å². The molecule has 2 atom stereocenters. The van der Waals surface area contributed by atoms with E-state index in [0.717, 1.165) is 17.4 Å². The van der Waals surface area contributed by atoms with Gasteiger partial charge in [0, 0.05) is 0 Å². The summed E-state index contributed by atoms with van der Waals surface area (Å²) in [6.07, 6.45) is 1.14. The van der Waals surface area contributed by atoms with Crippen molar-refractivity contribution in [3.63, 3.8) is 0 Å². The van der Waals surface area contributed by atoms with Gasteiger partial charge >= 0.3 is 19.5 Å². The van der Waals surface area contributed by atoms with Crippen molar-refractivity contribution in [2.75, 3.05) is 6.26 Å². The Kier molecular flexibility index (Phi) is 13.1. The van der Waals surface area contributed by atoms with E-state index in [1.165, 1.54) is 16.7 Å². The molecule has 0 bridgehead atoms. The first-order valence-electron chi connectivity index (χ1n) is 9.53. The Morgan fingerprint density at radius 2 is 1.10 bits per heavy atom. The van der Waals surface area contributed by atoms with Crippen molar-refractivity contribution in [2.45, 2.75) is 32.9 Å². The van der Waals surface area contributed by atoms with Gasteiger partial charge in [-0.25, -0.2) is 13.1 Å². The maximum atomic E-state index is 11.6. The van der Waals surface area contributed by atoms with Crippen LogP contribution in [0.2, 0.25) is 0 Å². The number of benzene rings is 3. The van der Waals surface area contributed by atoms with Crippen LogP contribution >= 0.6 is 0 Å². The first kappa shape index (κ1) is 29.4. The van der Waals surface area contributed by atoms with E-state index in [1.54, 1.807) is 0 Å². The van der Waals surface area contributed by atoms with E-state index < -0.39 is 22.1 Å². The van der Waals surface area contributed by atoms with E-state index in [-0.39, 0.29) is 31.9 Å². The van der Waals surface area contributed by atoms with Crippen molar-refractivity contribution in [1.82, 2.24) is 4.72 Å². The maximum Gasteiger partial charge on any atom is 1.00 e. The Labute approximate surface area is 205 Å². The molecule has 0 unspecified atom stereocenters. The van der Waals surface area contributed by atoms with Crippen LogP contribution in [-0.2, 0) is 29.5 Å². The van der Waals surface area contributed by atoms with Crippen LogP contribution in [0.25, 0.3) is 0 Å². The normalized spacial score (nSPS) is 12.3. The Hall–Kier alpha value is -1.56. The van der Waals surface area contributed by atoms with Crippen LogP contribution in [0.5, 0.6) is 0 Å². The van der Waals surface area contributed by atoms with Crippen LogP contribution in [0.15, 0.2) is 78.9 Å². The third-order valence-electron chi connectivity index (χ3n) is 4.41. The Balaban J connectivity index is 0.000000695. The number of aryl methyl sites for hydroxylation is 3. The topological polar surface area (TPSA) is 72.2 Å². The van der Waals surface area contributed by atoms with Gasteiger partial charge in [-0.2, -0.15) is 0 Å². The molecular weight excluding hydrogens is 517 g/mol. The average Bonchev–Trinajstić information content (AvgIpc) is 2.66. The number of hydrogen-bond acceptors (Lipinski definition) is 3.